The number of pyridine rings is 1. The molecule has 0 aromatic carbocycles. The molecule has 1 aliphatic rings. The molecule has 1 aromatic heterocycles. The summed E-state index contributed by atoms with van der Waals surface area (Å²) in [6, 6.07) is 5.61. The van der Waals surface area contributed by atoms with Gasteiger partial charge in [0.1, 0.15) is 6.10 Å². The van der Waals surface area contributed by atoms with E-state index in [1.807, 2.05) is 18.2 Å². The minimum Gasteiger partial charge on any atom is -0.364 e. The second kappa shape index (κ2) is 9.09. The Labute approximate surface area is 125 Å². The summed E-state index contributed by atoms with van der Waals surface area (Å²) in [5.74, 6) is -0.0772. The van der Waals surface area contributed by atoms with Crippen LogP contribution >= 0.6 is 24.8 Å². The van der Waals surface area contributed by atoms with E-state index in [2.05, 4.69) is 10.3 Å². The topological polar surface area (TPSA) is 77.2 Å². The maximum Gasteiger partial charge on any atom is 0.249 e. The summed E-state index contributed by atoms with van der Waals surface area (Å²) < 4.78 is 5.50. The maximum atomic E-state index is 11.8. The fraction of sp³-hybridized carbons (Fsp3) is 0.500. The first-order valence-electron chi connectivity index (χ1n) is 5.82. The molecule has 1 aliphatic heterocycles. The number of amides is 1. The number of ether oxygens (including phenoxy) is 1. The molecule has 108 valence electrons. The normalized spacial score (nSPS) is 21.1. The average molecular weight is 308 g/mol. The summed E-state index contributed by atoms with van der Waals surface area (Å²) in [5, 5.41) is 2.82. The number of rotatable bonds is 4. The van der Waals surface area contributed by atoms with Gasteiger partial charge in [0.2, 0.25) is 5.91 Å². The number of halogens is 2. The number of aromatic nitrogens is 1. The van der Waals surface area contributed by atoms with Crippen LogP contribution in [0.15, 0.2) is 24.4 Å². The highest BCUT2D eigenvalue weighted by atomic mass is 35.5. The van der Waals surface area contributed by atoms with Crippen molar-refractivity contribution in [1.29, 1.82) is 0 Å². The minimum atomic E-state index is -0.354. The third-order valence-corrected chi connectivity index (χ3v) is 2.83. The standard InChI is InChI=1S/C12H17N3O2.2ClH/c13-7-10-4-5-11(17-10)12(16)15-8-9-3-1-2-6-14-9;;/h1-3,6,10-11H,4-5,7-8,13H2,(H,15,16);2*1H/t10-,11+;;/m1../s1. The van der Waals surface area contributed by atoms with Crippen molar-refractivity contribution in [2.75, 3.05) is 6.54 Å². The van der Waals surface area contributed by atoms with Gasteiger partial charge in [0.25, 0.3) is 0 Å². The fourth-order valence-electron chi connectivity index (χ4n) is 1.87. The molecule has 2 heterocycles. The van der Waals surface area contributed by atoms with E-state index in [9.17, 15) is 4.79 Å². The Morgan fingerprint density at radius 2 is 2.21 bits per heavy atom. The molecule has 3 N–H and O–H groups in total. The van der Waals surface area contributed by atoms with Crippen molar-refractivity contribution >= 4 is 30.7 Å². The van der Waals surface area contributed by atoms with Gasteiger partial charge >= 0.3 is 0 Å². The smallest absolute Gasteiger partial charge is 0.249 e. The Balaban J connectivity index is 0.00000162. The van der Waals surface area contributed by atoms with Crippen LogP contribution in [0.1, 0.15) is 18.5 Å². The number of carbonyl (C=O) groups is 1. The van der Waals surface area contributed by atoms with Crippen LogP contribution in [0.3, 0.4) is 0 Å². The summed E-state index contributed by atoms with van der Waals surface area (Å²) in [6.45, 7) is 0.914. The van der Waals surface area contributed by atoms with E-state index in [1.54, 1.807) is 6.20 Å². The maximum absolute atomic E-state index is 11.8. The van der Waals surface area contributed by atoms with E-state index in [0.717, 1.165) is 18.5 Å². The summed E-state index contributed by atoms with van der Waals surface area (Å²) in [6.07, 6.45) is 2.99. The van der Waals surface area contributed by atoms with Crippen molar-refractivity contribution in [2.24, 2.45) is 5.73 Å². The monoisotopic (exact) mass is 307 g/mol. The molecule has 7 heteroatoms. The predicted molar refractivity (Wildman–Crippen MR) is 77.5 cm³/mol. The zero-order valence-corrected chi connectivity index (χ0v) is 12.1. The number of nitrogens with two attached hydrogens (primary N) is 1. The molecule has 0 saturated carbocycles. The molecule has 2 atom stereocenters. The highest BCUT2D eigenvalue weighted by Crippen LogP contribution is 2.18. The Bertz CT molecular complexity index is 378. The van der Waals surface area contributed by atoms with Gasteiger partial charge in [-0.15, -0.1) is 24.8 Å². The lowest BCUT2D eigenvalue weighted by atomic mass is 10.2. The van der Waals surface area contributed by atoms with Crippen molar-refractivity contribution in [1.82, 2.24) is 10.3 Å². The second-order valence-corrected chi connectivity index (χ2v) is 4.10. The molecule has 1 fully saturated rings. The van der Waals surface area contributed by atoms with Gasteiger partial charge in [-0.2, -0.15) is 0 Å². The average Bonchev–Trinajstić information content (AvgIpc) is 2.86. The van der Waals surface area contributed by atoms with E-state index in [4.69, 9.17) is 10.5 Å². The van der Waals surface area contributed by atoms with Crippen LogP contribution in [0.2, 0.25) is 0 Å². The minimum absolute atomic E-state index is 0. The van der Waals surface area contributed by atoms with Crippen LogP contribution in [0.25, 0.3) is 0 Å². The van der Waals surface area contributed by atoms with Gasteiger partial charge in [-0.1, -0.05) is 6.07 Å². The van der Waals surface area contributed by atoms with E-state index in [-0.39, 0.29) is 42.9 Å². The lowest BCUT2D eigenvalue weighted by Crippen LogP contribution is -2.35. The van der Waals surface area contributed by atoms with E-state index in [0.29, 0.717) is 13.1 Å². The highest BCUT2D eigenvalue weighted by Gasteiger charge is 2.29. The van der Waals surface area contributed by atoms with E-state index in [1.165, 1.54) is 0 Å². The molecule has 0 unspecified atom stereocenters. The van der Waals surface area contributed by atoms with Gasteiger partial charge in [-0.05, 0) is 25.0 Å². The molecule has 0 spiro atoms. The first-order valence-corrected chi connectivity index (χ1v) is 5.82. The van der Waals surface area contributed by atoms with Crippen molar-refractivity contribution in [2.45, 2.75) is 31.6 Å². The molecule has 19 heavy (non-hydrogen) atoms. The van der Waals surface area contributed by atoms with Crippen molar-refractivity contribution in [3.8, 4) is 0 Å². The number of carbonyl (C=O) groups excluding carboxylic acids is 1. The zero-order valence-electron chi connectivity index (χ0n) is 10.5. The van der Waals surface area contributed by atoms with Crippen LogP contribution < -0.4 is 11.1 Å². The zero-order chi connectivity index (χ0) is 12.1. The van der Waals surface area contributed by atoms with Crippen molar-refractivity contribution in [3.63, 3.8) is 0 Å². The molecule has 0 bridgehead atoms. The van der Waals surface area contributed by atoms with Gasteiger partial charge in [-0.25, -0.2) is 0 Å². The summed E-state index contributed by atoms with van der Waals surface area (Å²) in [5.41, 5.74) is 6.34. The molecule has 0 aliphatic carbocycles. The largest absolute Gasteiger partial charge is 0.364 e. The third kappa shape index (κ3) is 5.32. The molecule has 1 aromatic rings. The van der Waals surface area contributed by atoms with Gasteiger partial charge in [0.15, 0.2) is 0 Å². The van der Waals surface area contributed by atoms with Gasteiger partial charge in [0, 0.05) is 12.7 Å². The molecule has 1 amide bonds. The highest BCUT2D eigenvalue weighted by molar-refractivity contribution is 5.85. The molecule has 0 radical (unpaired) electrons. The number of hydrogen-bond acceptors (Lipinski definition) is 4. The van der Waals surface area contributed by atoms with Gasteiger partial charge < -0.3 is 15.8 Å². The van der Waals surface area contributed by atoms with Gasteiger partial charge in [0.05, 0.1) is 18.3 Å². The van der Waals surface area contributed by atoms with Crippen LogP contribution in [-0.4, -0.2) is 29.6 Å². The SMILES string of the molecule is Cl.Cl.NC[C@H]1CC[C@@H](C(=O)NCc2ccccn2)O1. The lowest BCUT2D eigenvalue weighted by molar-refractivity contribution is -0.132. The van der Waals surface area contributed by atoms with Crippen LogP contribution in [-0.2, 0) is 16.1 Å². The van der Waals surface area contributed by atoms with Crippen LogP contribution in [0.4, 0.5) is 0 Å². The Hall–Kier alpha value is -0.880. The third-order valence-electron chi connectivity index (χ3n) is 2.83. The molecule has 5 nitrogen and oxygen atoms in total. The lowest BCUT2D eigenvalue weighted by Gasteiger charge is -2.12. The predicted octanol–water partition coefficient (Wildman–Crippen LogP) is 1.05. The Kier molecular flexibility index (Phi) is 8.67. The Morgan fingerprint density at radius 1 is 1.42 bits per heavy atom. The molecule has 2 rings (SSSR count). The van der Waals surface area contributed by atoms with Crippen molar-refractivity contribution < 1.29 is 9.53 Å². The first kappa shape index (κ1) is 18.1. The molecular formula is C12H19Cl2N3O2. The Morgan fingerprint density at radius 3 is 2.79 bits per heavy atom. The van der Waals surface area contributed by atoms with Crippen LogP contribution in [0, 0.1) is 0 Å². The quantitative estimate of drug-likeness (QED) is 0.871. The van der Waals surface area contributed by atoms with Crippen LogP contribution in [0.5, 0.6) is 0 Å². The first-order chi connectivity index (χ1) is 8.29. The van der Waals surface area contributed by atoms with Crippen molar-refractivity contribution in [3.05, 3.63) is 30.1 Å². The molecular weight excluding hydrogens is 289 g/mol. The number of nitrogens with one attached hydrogen (secondary N) is 1. The second-order valence-electron chi connectivity index (χ2n) is 4.10. The van der Waals surface area contributed by atoms with E-state index < -0.39 is 0 Å². The van der Waals surface area contributed by atoms with E-state index >= 15 is 0 Å². The number of nitrogens with zero attached hydrogens (tertiary/aromatic N) is 1. The fourth-order valence-corrected chi connectivity index (χ4v) is 1.87. The molecule has 1 saturated heterocycles. The summed E-state index contributed by atoms with van der Waals surface area (Å²) in [4.78, 5) is 15.9. The summed E-state index contributed by atoms with van der Waals surface area (Å²) >= 11 is 0. The summed E-state index contributed by atoms with van der Waals surface area (Å²) in [7, 11) is 0. The number of hydrogen-bond donors (Lipinski definition) is 2. The van der Waals surface area contributed by atoms with Gasteiger partial charge in [-0.3, -0.25) is 9.78 Å².